The van der Waals surface area contributed by atoms with E-state index in [0.717, 1.165) is 6.42 Å². The molecule has 0 bridgehead atoms. The van der Waals surface area contributed by atoms with E-state index >= 15 is 0 Å². The molecule has 0 N–H and O–H groups in total. The first-order valence-corrected chi connectivity index (χ1v) is 5.50. The van der Waals surface area contributed by atoms with Gasteiger partial charge in [-0.1, -0.05) is 34.6 Å². The fourth-order valence-corrected chi connectivity index (χ4v) is 1.61. The SMILES string of the molecule is CC.CCc1cnc(C(C)C)s1. The zero-order valence-corrected chi connectivity index (χ0v) is 9.53. The van der Waals surface area contributed by atoms with E-state index in [9.17, 15) is 0 Å². The van der Waals surface area contributed by atoms with Crippen molar-refractivity contribution in [1.29, 1.82) is 0 Å². The second-order valence-corrected chi connectivity index (χ2v) is 3.82. The molecule has 70 valence electrons. The fourth-order valence-electron chi connectivity index (χ4n) is 0.753. The van der Waals surface area contributed by atoms with Crippen LogP contribution in [0, 0.1) is 0 Å². The van der Waals surface area contributed by atoms with Gasteiger partial charge in [0.15, 0.2) is 0 Å². The standard InChI is InChI=1S/C8H13NS.C2H6/c1-4-7-5-9-8(10-7)6(2)3;1-2/h5-6H,4H2,1-3H3;1-2H3. The highest BCUT2D eigenvalue weighted by Gasteiger charge is 2.03. The van der Waals surface area contributed by atoms with Gasteiger partial charge in [-0.2, -0.15) is 0 Å². The second kappa shape index (κ2) is 6.18. The minimum atomic E-state index is 0.588. The van der Waals surface area contributed by atoms with Crippen LogP contribution in [0.5, 0.6) is 0 Å². The molecule has 12 heavy (non-hydrogen) atoms. The Bertz CT molecular complexity index is 203. The molecule has 1 nitrogen and oxygen atoms in total. The summed E-state index contributed by atoms with van der Waals surface area (Å²) < 4.78 is 0. The van der Waals surface area contributed by atoms with Crippen LogP contribution >= 0.6 is 11.3 Å². The quantitative estimate of drug-likeness (QED) is 0.682. The molecule has 1 rings (SSSR count). The molecule has 0 aliphatic heterocycles. The van der Waals surface area contributed by atoms with Gasteiger partial charge in [-0.05, 0) is 6.42 Å². The molecule has 0 spiro atoms. The summed E-state index contributed by atoms with van der Waals surface area (Å²) in [6, 6.07) is 0. The highest BCUT2D eigenvalue weighted by Crippen LogP contribution is 2.20. The van der Waals surface area contributed by atoms with E-state index in [1.54, 1.807) is 0 Å². The van der Waals surface area contributed by atoms with E-state index in [1.807, 2.05) is 31.4 Å². The van der Waals surface area contributed by atoms with E-state index < -0.39 is 0 Å². The molecule has 0 saturated carbocycles. The largest absolute Gasteiger partial charge is 0.249 e. The van der Waals surface area contributed by atoms with Crippen LogP contribution in [0.25, 0.3) is 0 Å². The van der Waals surface area contributed by atoms with Crippen molar-refractivity contribution in [2.45, 2.75) is 47.0 Å². The molecular formula is C10H19NS. The highest BCUT2D eigenvalue weighted by atomic mass is 32.1. The molecule has 0 unspecified atom stereocenters. The Kier molecular flexibility index (Phi) is 5.99. The van der Waals surface area contributed by atoms with Gasteiger partial charge in [-0.15, -0.1) is 11.3 Å². The number of nitrogens with zero attached hydrogens (tertiary/aromatic N) is 1. The molecule has 1 aromatic heterocycles. The lowest BCUT2D eigenvalue weighted by Crippen LogP contribution is -1.81. The molecule has 0 aromatic carbocycles. The maximum Gasteiger partial charge on any atom is 0.0953 e. The molecule has 1 aromatic rings. The summed E-state index contributed by atoms with van der Waals surface area (Å²) in [4.78, 5) is 5.70. The minimum absolute atomic E-state index is 0.588. The van der Waals surface area contributed by atoms with Crippen LogP contribution in [0.1, 0.15) is 50.4 Å². The minimum Gasteiger partial charge on any atom is -0.249 e. The van der Waals surface area contributed by atoms with Gasteiger partial charge in [0.1, 0.15) is 0 Å². The molecule has 0 radical (unpaired) electrons. The third kappa shape index (κ3) is 3.35. The summed E-state index contributed by atoms with van der Waals surface area (Å²) in [5.74, 6) is 0.588. The van der Waals surface area contributed by atoms with Crippen LogP contribution in [-0.2, 0) is 6.42 Å². The lowest BCUT2D eigenvalue weighted by molar-refractivity contribution is 0.852. The summed E-state index contributed by atoms with van der Waals surface area (Å²) >= 11 is 1.83. The third-order valence-electron chi connectivity index (χ3n) is 1.41. The maximum absolute atomic E-state index is 4.31. The van der Waals surface area contributed by atoms with Crippen LogP contribution in [0.4, 0.5) is 0 Å². The van der Waals surface area contributed by atoms with E-state index in [0.29, 0.717) is 5.92 Å². The Morgan fingerprint density at radius 2 is 2.00 bits per heavy atom. The third-order valence-corrected chi connectivity index (χ3v) is 2.86. The monoisotopic (exact) mass is 185 g/mol. The van der Waals surface area contributed by atoms with Crippen LogP contribution in [0.3, 0.4) is 0 Å². The van der Waals surface area contributed by atoms with Gasteiger partial charge in [0.2, 0.25) is 0 Å². The first kappa shape index (κ1) is 11.6. The fraction of sp³-hybridized carbons (Fsp3) is 0.700. The maximum atomic E-state index is 4.31. The van der Waals surface area contributed by atoms with Gasteiger partial charge < -0.3 is 0 Å². The van der Waals surface area contributed by atoms with E-state index in [-0.39, 0.29) is 0 Å². The molecule has 0 fully saturated rings. The van der Waals surface area contributed by atoms with E-state index in [1.165, 1.54) is 9.88 Å². The number of rotatable bonds is 2. The van der Waals surface area contributed by atoms with Crippen molar-refractivity contribution in [2.75, 3.05) is 0 Å². The molecule has 0 saturated heterocycles. The van der Waals surface area contributed by atoms with Crippen LogP contribution < -0.4 is 0 Å². The molecular weight excluding hydrogens is 166 g/mol. The Balaban J connectivity index is 0.000000561. The zero-order valence-electron chi connectivity index (χ0n) is 8.72. The summed E-state index contributed by atoms with van der Waals surface area (Å²) in [6.45, 7) is 10.5. The van der Waals surface area contributed by atoms with Crippen LogP contribution in [0.2, 0.25) is 0 Å². The number of hydrogen-bond acceptors (Lipinski definition) is 2. The number of aromatic nitrogens is 1. The van der Waals surface area contributed by atoms with Crippen molar-refractivity contribution < 1.29 is 0 Å². The van der Waals surface area contributed by atoms with Crippen molar-refractivity contribution in [3.05, 3.63) is 16.1 Å². The van der Waals surface area contributed by atoms with Gasteiger partial charge in [0, 0.05) is 17.0 Å². The first-order valence-electron chi connectivity index (χ1n) is 4.68. The normalized spacial score (nSPS) is 9.50. The zero-order chi connectivity index (χ0) is 9.56. The highest BCUT2D eigenvalue weighted by molar-refractivity contribution is 7.11. The van der Waals surface area contributed by atoms with Gasteiger partial charge >= 0.3 is 0 Å². The summed E-state index contributed by atoms with van der Waals surface area (Å²) in [7, 11) is 0. The smallest absolute Gasteiger partial charge is 0.0953 e. The van der Waals surface area contributed by atoms with E-state index in [4.69, 9.17) is 0 Å². The van der Waals surface area contributed by atoms with Gasteiger partial charge in [0.25, 0.3) is 0 Å². The molecule has 0 aliphatic rings. The first-order chi connectivity index (χ1) is 5.74. The summed E-state index contributed by atoms with van der Waals surface area (Å²) in [5.41, 5.74) is 0. The molecule has 0 aliphatic carbocycles. The summed E-state index contributed by atoms with van der Waals surface area (Å²) in [5, 5.41) is 1.26. The predicted octanol–water partition coefficient (Wildman–Crippen LogP) is 3.86. The van der Waals surface area contributed by atoms with Gasteiger partial charge in [0.05, 0.1) is 5.01 Å². The number of aryl methyl sites for hydroxylation is 1. The Hall–Kier alpha value is -0.370. The average Bonchev–Trinajstić information content (AvgIpc) is 2.55. The number of thiazole rings is 1. The molecule has 1 heterocycles. The molecule has 0 atom stereocenters. The Morgan fingerprint density at radius 3 is 2.25 bits per heavy atom. The van der Waals surface area contributed by atoms with Crippen molar-refractivity contribution in [3.63, 3.8) is 0 Å². The van der Waals surface area contributed by atoms with Crippen LogP contribution in [0.15, 0.2) is 6.20 Å². The van der Waals surface area contributed by atoms with Crippen molar-refractivity contribution >= 4 is 11.3 Å². The van der Waals surface area contributed by atoms with Crippen LogP contribution in [-0.4, -0.2) is 4.98 Å². The topological polar surface area (TPSA) is 12.9 Å². The van der Waals surface area contributed by atoms with E-state index in [2.05, 4.69) is 25.8 Å². The van der Waals surface area contributed by atoms with Gasteiger partial charge in [-0.25, -0.2) is 4.98 Å². The Labute approximate surface area is 79.9 Å². The summed E-state index contributed by atoms with van der Waals surface area (Å²) in [6.07, 6.45) is 3.10. The van der Waals surface area contributed by atoms with Crippen molar-refractivity contribution in [3.8, 4) is 0 Å². The molecule has 0 amide bonds. The second-order valence-electron chi connectivity index (χ2n) is 2.67. The lowest BCUT2D eigenvalue weighted by atomic mass is 10.2. The average molecular weight is 185 g/mol. The van der Waals surface area contributed by atoms with Crippen molar-refractivity contribution in [1.82, 2.24) is 4.98 Å². The Morgan fingerprint density at radius 1 is 1.42 bits per heavy atom. The predicted molar refractivity (Wildman–Crippen MR) is 56.9 cm³/mol. The number of hydrogen-bond donors (Lipinski definition) is 0. The van der Waals surface area contributed by atoms with Crippen molar-refractivity contribution in [2.24, 2.45) is 0 Å². The lowest BCUT2D eigenvalue weighted by Gasteiger charge is -1.94. The molecule has 2 heteroatoms. The van der Waals surface area contributed by atoms with Gasteiger partial charge in [-0.3, -0.25) is 0 Å².